The van der Waals surface area contributed by atoms with Gasteiger partial charge >= 0.3 is 0 Å². The molecule has 29 heavy (non-hydrogen) atoms. The van der Waals surface area contributed by atoms with E-state index in [0.29, 0.717) is 48.4 Å². The van der Waals surface area contributed by atoms with Crippen LogP contribution in [0.1, 0.15) is 6.42 Å². The maximum Gasteiger partial charge on any atom is 0.238 e. The van der Waals surface area contributed by atoms with Crippen molar-refractivity contribution in [3.63, 3.8) is 0 Å². The SMILES string of the molecule is O=C(CC1Sc2ccc(Cl)cc2NC1=O)Nc1ccc(N2CCOCC2)c(F)c1. The van der Waals surface area contributed by atoms with Crippen molar-refractivity contribution in [1.82, 2.24) is 0 Å². The Hall–Kier alpha value is -2.29. The quantitative estimate of drug-likeness (QED) is 0.765. The topological polar surface area (TPSA) is 70.7 Å². The van der Waals surface area contributed by atoms with Gasteiger partial charge in [-0.3, -0.25) is 9.59 Å². The number of morpholine rings is 1. The van der Waals surface area contributed by atoms with E-state index in [1.54, 1.807) is 24.3 Å². The number of benzene rings is 2. The van der Waals surface area contributed by atoms with Crippen molar-refractivity contribution in [3.05, 3.63) is 47.2 Å². The van der Waals surface area contributed by atoms with Crippen LogP contribution in [0.4, 0.5) is 21.5 Å². The number of halogens is 2. The number of hydrogen-bond donors (Lipinski definition) is 2. The summed E-state index contributed by atoms with van der Waals surface area (Å²) in [5, 5.41) is 5.41. The Morgan fingerprint density at radius 2 is 2.07 bits per heavy atom. The summed E-state index contributed by atoms with van der Waals surface area (Å²) in [6.07, 6.45) is -0.0224. The molecule has 2 heterocycles. The van der Waals surface area contributed by atoms with Crippen LogP contribution in [0.2, 0.25) is 5.02 Å². The molecule has 0 radical (unpaired) electrons. The van der Waals surface area contributed by atoms with Crippen LogP contribution in [-0.4, -0.2) is 43.4 Å². The Balaban J connectivity index is 1.39. The Kier molecular flexibility index (Phi) is 5.94. The molecule has 1 fully saturated rings. The van der Waals surface area contributed by atoms with E-state index in [-0.39, 0.29) is 18.2 Å². The summed E-state index contributed by atoms with van der Waals surface area (Å²) >= 11 is 7.26. The standard InChI is InChI=1S/C20H19ClFN3O3S/c21-12-1-4-17-15(9-12)24-20(27)18(29-17)11-19(26)23-13-2-3-16(14(22)10-13)25-5-7-28-8-6-25/h1-4,9-10,18H,5-8,11H2,(H,23,26)(H,24,27). The number of amides is 2. The molecule has 9 heteroatoms. The molecule has 2 aliphatic heterocycles. The summed E-state index contributed by atoms with van der Waals surface area (Å²) in [5.41, 5.74) is 1.49. The molecular formula is C20H19ClFN3O3S. The average Bonchev–Trinajstić information content (AvgIpc) is 2.69. The third-order valence-electron chi connectivity index (χ3n) is 4.72. The molecular weight excluding hydrogens is 417 g/mol. The second-order valence-corrected chi connectivity index (χ2v) is 8.44. The van der Waals surface area contributed by atoms with Crippen LogP contribution in [0.5, 0.6) is 0 Å². The van der Waals surface area contributed by atoms with Crippen LogP contribution in [0.25, 0.3) is 0 Å². The van der Waals surface area contributed by atoms with Gasteiger partial charge in [0, 0.05) is 35.1 Å². The van der Waals surface area contributed by atoms with Crippen molar-refractivity contribution in [2.45, 2.75) is 16.6 Å². The molecule has 152 valence electrons. The molecule has 2 aromatic carbocycles. The number of anilines is 3. The van der Waals surface area contributed by atoms with Gasteiger partial charge in [-0.05, 0) is 36.4 Å². The van der Waals surface area contributed by atoms with Gasteiger partial charge in [-0.2, -0.15) is 0 Å². The van der Waals surface area contributed by atoms with E-state index in [1.807, 2.05) is 11.0 Å². The Labute approximate surface area is 176 Å². The Morgan fingerprint density at radius 3 is 2.83 bits per heavy atom. The normalized spacial score (nSPS) is 18.8. The zero-order chi connectivity index (χ0) is 20.4. The number of carbonyl (C=O) groups is 2. The zero-order valence-corrected chi connectivity index (χ0v) is 17.0. The number of ether oxygens (including phenoxy) is 1. The second-order valence-electron chi connectivity index (χ2n) is 6.75. The van der Waals surface area contributed by atoms with E-state index >= 15 is 0 Å². The molecule has 0 aliphatic carbocycles. The monoisotopic (exact) mass is 435 g/mol. The van der Waals surface area contributed by atoms with E-state index in [1.165, 1.54) is 17.8 Å². The lowest BCUT2D eigenvalue weighted by Gasteiger charge is -2.29. The first-order chi connectivity index (χ1) is 14.0. The van der Waals surface area contributed by atoms with Gasteiger partial charge < -0.3 is 20.3 Å². The third kappa shape index (κ3) is 4.66. The van der Waals surface area contributed by atoms with Crippen LogP contribution in [-0.2, 0) is 14.3 Å². The van der Waals surface area contributed by atoms with Gasteiger partial charge in [0.05, 0.1) is 29.8 Å². The number of fused-ring (bicyclic) bond motifs is 1. The van der Waals surface area contributed by atoms with Gasteiger partial charge in [-0.1, -0.05) is 11.6 Å². The van der Waals surface area contributed by atoms with Crippen LogP contribution in [0.15, 0.2) is 41.3 Å². The molecule has 0 spiro atoms. The fourth-order valence-corrected chi connectivity index (χ4v) is 4.55. The molecule has 2 amide bonds. The molecule has 0 bridgehead atoms. The van der Waals surface area contributed by atoms with E-state index < -0.39 is 11.1 Å². The largest absolute Gasteiger partial charge is 0.378 e. The summed E-state index contributed by atoms with van der Waals surface area (Å²) < 4.78 is 19.8. The third-order valence-corrected chi connectivity index (χ3v) is 6.23. The molecule has 2 aliphatic rings. The number of thioether (sulfide) groups is 1. The van der Waals surface area contributed by atoms with E-state index in [0.717, 1.165) is 4.90 Å². The van der Waals surface area contributed by atoms with Gasteiger partial charge in [0.2, 0.25) is 11.8 Å². The summed E-state index contributed by atoms with van der Waals surface area (Å²) in [5.74, 6) is -1.01. The van der Waals surface area contributed by atoms with Gasteiger partial charge in [-0.15, -0.1) is 11.8 Å². The predicted molar refractivity (Wildman–Crippen MR) is 112 cm³/mol. The van der Waals surface area contributed by atoms with Crippen molar-refractivity contribution >= 4 is 52.2 Å². The number of hydrogen-bond acceptors (Lipinski definition) is 5. The molecule has 1 atom stereocenters. The van der Waals surface area contributed by atoms with Gasteiger partial charge in [0.15, 0.2) is 0 Å². The molecule has 1 unspecified atom stereocenters. The minimum absolute atomic E-state index is 0.0224. The lowest BCUT2D eigenvalue weighted by molar-refractivity contribution is -0.120. The van der Waals surface area contributed by atoms with Crippen LogP contribution < -0.4 is 15.5 Å². The van der Waals surface area contributed by atoms with Crippen molar-refractivity contribution in [3.8, 4) is 0 Å². The number of carbonyl (C=O) groups excluding carboxylic acids is 2. The van der Waals surface area contributed by atoms with Crippen molar-refractivity contribution < 1.29 is 18.7 Å². The average molecular weight is 436 g/mol. The zero-order valence-electron chi connectivity index (χ0n) is 15.4. The molecule has 4 rings (SSSR count). The number of nitrogens with zero attached hydrogens (tertiary/aromatic N) is 1. The highest BCUT2D eigenvalue weighted by Gasteiger charge is 2.29. The Bertz CT molecular complexity index is 953. The molecule has 2 N–H and O–H groups in total. The smallest absolute Gasteiger partial charge is 0.238 e. The first kappa shape index (κ1) is 20.0. The fourth-order valence-electron chi connectivity index (χ4n) is 3.28. The van der Waals surface area contributed by atoms with Crippen LogP contribution in [0, 0.1) is 5.82 Å². The van der Waals surface area contributed by atoms with E-state index in [9.17, 15) is 14.0 Å². The highest BCUT2D eigenvalue weighted by molar-refractivity contribution is 8.01. The number of rotatable bonds is 4. The first-order valence-corrected chi connectivity index (χ1v) is 10.4. The molecule has 1 saturated heterocycles. The van der Waals surface area contributed by atoms with Gasteiger partial charge in [-0.25, -0.2) is 4.39 Å². The Morgan fingerprint density at radius 1 is 1.28 bits per heavy atom. The lowest BCUT2D eigenvalue weighted by Crippen LogP contribution is -2.36. The van der Waals surface area contributed by atoms with Gasteiger partial charge in [0.25, 0.3) is 0 Å². The maximum atomic E-state index is 14.5. The fraction of sp³-hybridized carbons (Fsp3) is 0.300. The number of nitrogens with one attached hydrogen (secondary N) is 2. The second kappa shape index (κ2) is 8.61. The van der Waals surface area contributed by atoms with Crippen molar-refractivity contribution in [1.29, 1.82) is 0 Å². The molecule has 6 nitrogen and oxygen atoms in total. The van der Waals surface area contributed by atoms with E-state index in [4.69, 9.17) is 16.3 Å². The highest BCUT2D eigenvalue weighted by atomic mass is 35.5. The predicted octanol–water partition coefficient (Wildman–Crippen LogP) is 3.76. The van der Waals surface area contributed by atoms with Crippen LogP contribution >= 0.6 is 23.4 Å². The van der Waals surface area contributed by atoms with Crippen molar-refractivity contribution in [2.24, 2.45) is 0 Å². The minimum atomic E-state index is -0.568. The summed E-state index contributed by atoms with van der Waals surface area (Å²) in [6, 6.07) is 9.84. The highest BCUT2D eigenvalue weighted by Crippen LogP contribution is 2.38. The van der Waals surface area contributed by atoms with E-state index in [2.05, 4.69) is 10.6 Å². The van der Waals surface area contributed by atoms with Crippen LogP contribution in [0.3, 0.4) is 0 Å². The molecule has 0 aromatic heterocycles. The maximum absolute atomic E-state index is 14.5. The lowest BCUT2D eigenvalue weighted by atomic mass is 10.2. The molecule has 2 aromatic rings. The molecule has 0 saturated carbocycles. The first-order valence-electron chi connectivity index (χ1n) is 9.19. The van der Waals surface area contributed by atoms with Gasteiger partial charge in [0.1, 0.15) is 5.82 Å². The van der Waals surface area contributed by atoms with Crippen molar-refractivity contribution in [2.75, 3.05) is 41.8 Å². The summed E-state index contributed by atoms with van der Waals surface area (Å²) in [7, 11) is 0. The minimum Gasteiger partial charge on any atom is -0.378 e. The summed E-state index contributed by atoms with van der Waals surface area (Å²) in [4.78, 5) is 27.5. The summed E-state index contributed by atoms with van der Waals surface area (Å²) in [6.45, 7) is 2.38.